The summed E-state index contributed by atoms with van der Waals surface area (Å²) in [5.41, 5.74) is 8.27. The van der Waals surface area contributed by atoms with Crippen LogP contribution < -0.4 is 5.32 Å². The maximum Gasteiger partial charge on any atom is 0.412 e. The first-order valence-electron chi connectivity index (χ1n) is 12.4. The Morgan fingerprint density at radius 1 is 0.895 bits per heavy atom. The van der Waals surface area contributed by atoms with Crippen LogP contribution in [0.25, 0.3) is 28.0 Å². The van der Waals surface area contributed by atoms with E-state index in [1.54, 1.807) is 18.2 Å². The van der Waals surface area contributed by atoms with Crippen LogP contribution in [0.5, 0.6) is 0 Å². The Bertz CT molecular complexity index is 1640. The van der Waals surface area contributed by atoms with E-state index in [0.717, 1.165) is 59.5 Å². The Balaban J connectivity index is 1.43. The summed E-state index contributed by atoms with van der Waals surface area (Å²) >= 11 is 18.3. The molecular formula is C30H24Cl3N3O2. The lowest BCUT2D eigenvalue weighted by Gasteiger charge is -2.11. The zero-order valence-electron chi connectivity index (χ0n) is 20.4. The highest BCUT2D eigenvalue weighted by molar-refractivity contribution is 6.42. The number of rotatable bonds is 5. The molecule has 1 aliphatic rings. The SMILES string of the molecule is O=C(Nc1ccc(Cl)c(Cl)c1)OCc1c(-c2ccc(Cl)cc2)c2c3n(c(-c4ccccc4)cn13)CCCC2. The highest BCUT2D eigenvalue weighted by atomic mass is 35.5. The predicted octanol–water partition coefficient (Wildman–Crippen LogP) is 9.12. The van der Waals surface area contributed by atoms with Gasteiger partial charge in [-0.2, -0.15) is 0 Å². The first kappa shape index (κ1) is 24.9. The van der Waals surface area contributed by atoms with E-state index in [1.807, 2.05) is 30.3 Å². The van der Waals surface area contributed by atoms with Gasteiger partial charge in [-0.3, -0.25) is 5.32 Å². The number of hydrogen-bond acceptors (Lipinski definition) is 2. The Hall–Kier alpha value is -3.38. The van der Waals surface area contributed by atoms with Crippen LogP contribution >= 0.6 is 34.8 Å². The van der Waals surface area contributed by atoms with E-state index in [-0.39, 0.29) is 6.61 Å². The van der Waals surface area contributed by atoms with Crippen LogP contribution in [-0.4, -0.2) is 15.1 Å². The third-order valence-corrected chi connectivity index (χ3v) is 7.94. The molecule has 0 bridgehead atoms. The summed E-state index contributed by atoms with van der Waals surface area (Å²) in [7, 11) is 0. The number of anilines is 1. The van der Waals surface area contributed by atoms with Crippen molar-refractivity contribution in [3.05, 3.63) is 105 Å². The summed E-state index contributed by atoms with van der Waals surface area (Å²) in [5.74, 6) is 0. The van der Waals surface area contributed by atoms with Crippen LogP contribution in [-0.2, 0) is 24.3 Å². The normalized spacial score (nSPS) is 12.9. The molecule has 6 rings (SSSR count). The van der Waals surface area contributed by atoms with Crippen molar-refractivity contribution in [2.45, 2.75) is 32.4 Å². The maximum absolute atomic E-state index is 12.8. The monoisotopic (exact) mass is 563 g/mol. The topological polar surface area (TPSA) is 47.7 Å². The number of amides is 1. The molecule has 5 aromatic rings. The van der Waals surface area contributed by atoms with Crippen LogP contribution in [0.15, 0.2) is 79.0 Å². The second-order valence-corrected chi connectivity index (χ2v) is 10.6. The second kappa shape index (κ2) is 10.4. The second-order valence-electron chi connectivity index (χ2n) is 9.32. The number of aryl methyl sites for hydroxylation is 2. The van der Waals surface area contributed by atoms with Crippen molar-refractivity contribution in [2.24, 2.45) is 0 Å². The van der Waals surface area contributed by atoms with E-state index in [2.05, 4.69) is 44.7 Å². The smallest absolute Gasteiger partial charge is 0.412 e. The Morgan fingerprint density at radius 2 is 1.68 bits per heavy atom. The van der Waals surface area contributed by atoms with Crippen molar-refractivity contribution in [3.8, 4) is 22.4 Å². The first-order valence-corrected chi connectivity index (χ1v) is 13.6. The third kappa shape index (κ3) is 4.66. The van der Waals surface area contributed by atoms with Crippen LogP contribution in [0, 0.1) is 0 Å². The minimum absolute atomic E-state index is 0.0878. The van der Waals surface area contributed by atoms with Gasteiger partial charge in [0.05, 0.1) is 21.4 Å². The summed E-state index contributed by atoms with van der Waals surface area (Å²) in [4.78, 5) is 12.8. The summed E-state index contributed by atoms with van der Waals surface area (Å²) in [6, 6.07) is 23.1. The summed E-state index contributed by atoms with van der Waals surface area (Å²) in [5, 5.41) is 4.20. The molecular weight excluding hydrogens is 541 g/mol. The molecule has 3 heterocycles. The van der Waals surface area contributed by atoms with E-state index in [4.69, 9.17) is 39.5 Å². The van der Waals surface area contributed by atoms with Gasteiger partial charge >= 0.3 is 6.09 Å². The largest absolute Gasteiger partial charge is 0.443 e. The van der Waals surface area contributed by atoms with E-state index in [9.17, 15) is 4.79 Å². The van der Waals surface area contributed by atoms with Crippen LogP contribution in [0.2, 0.25) is 15.1 Å². The summed E-state index contributed by atoms with van der Waals surface area (Å²) in [6.07, 6.45) is 4.70. The molecule has 8 heteroatoms. The Labute approximate surface area is 235 Å². The maximum atomic E-state index is 12.8. The summed E-state index contributed by atoms with van der Waals surface area (Å²) in [6.45, 7) is 1.01. The number of hydrogen-bond donors (Lipinski definition) is 1. The van der Waals surface area contributed by atoms with Crippen molar-refractivity contribution in [2.75, 3.05) is 5.32 Å². The van der Waals surface area contributed by atoms with Crippen molar-refractivity contribution < 1.29 is 9.53 Å². The van der Waals surface area contributed by atoms with Gasteiger partial charge in [-0.15, -0.1) is 0 Å². The van der Waals surface area contributed by atoms with Gasteiger partial charge in [-0.05, 0) is 60.7 Å². The van der Waals surface area contributed by atoms with Crippen molar-refractivity contribution >= 4 is 52.2 Å². The first-order chi connectivity index (χ1) is 18.5. The number of halogens is 3. The van der Waals surface area contributed by atoms with Gasteiger partial charge in [0.15, 0.2) is 0 Å². The average molecular weight is 565 g/mol. The molecule has 1 aliphatic heterocycles. The van der Waals surface area contributed by atoms with Gasteiger partial charge in [0, 0.05) is 34.6 Å². The van der Waals surface area contributed by atoms with Crippen molar-refractivity contribution in [3.63, 3.8) is 0 Å². The standard InChI is InChI=1S/C30H24Cl3N3O2/c31-21-11-9-20(10-12-21)28-23-8-4-5-15-35-26(19-6-2-1-3-7-19)17-36(29(23)35)27(28)18-38-30(37)34-22-13-14-24(32)25(33)16-22/h1-3,6-7,9-14,16-17H,4-5,8,15,18H2,(H,34,37). The van der Waals surface area contributed by atoms with Gasteiger partial charge in [-0.25, -0.2) is 4.79 Å². The molecule has 0 fully saturated rings. The van der Waals surface area contributed by atoms with E-state index < -0.39 is 6.09 Å². The molecule has 0 saturated heterocycles. The Morgan fingerprint density at radius 3 is 2.45 bits per heavy atom. The molecule has 192 valence electrons. The minimum atomic E-state index is -0.572. The third-order valence-electron chi connectivity index (χ3n) is 6.94. The lowest BCUT2D eigenvalue weighted by molar-refractivity contribution is 0.153. The molecule has 38 heavy (non-hydrogen) atoms. The molecule has 1 amide bonds. The molecule has 1 N–H and O–H groups in total. The molecule has 0 radical (unpaired) electrons. The number of carbonyl (C=O) groups is 1. The molecule has 5 nitrogen and oxygen atoms in total. The number of aromatic nitrogens is 2. The quantitative estimate of drug-likeness (QED) is 0.231. The molecule has 0 unspecified atom stereocenters. The van der Waals surface area contributed by atoms with Gasteiger partial charge in [-0.1, -0.05) is 77.3 Å². The lowest BCUT2D eigenvalue weighted by Crippen LogP contribution is -2.14. The molecule has 0 saturated carbocycles. The molecule has 0 aliphatic carbocycles. The molecule has 0 atom stereocenters. The number of carbonyl (C=O) groups excluding carboxylic acids is 1. The lowest BCUT2D eigenvalue weighted by atomic mass is 9.98. The van der Waals surface area contributed by atoms with E-state index in [1.165, 1.54) is 5.56 Å². The minimum Gasteiger partial charge on any atom is -0.443 e. The fourth-order valence-electron chi connectivity index (χ4n) is 5.25. The fraction of sp³-hybridized carbons (Fsp3) is 0.167. The zero-order chi connectivity index (χ0) is 26.2. The van der Waals surface area contributed by atoms with Crippen LogP contribution in [0.1, 0.15) is 24.1 Å². The molecule has 3 aromatic carbocycles. The summed E-state index contributed by atoms with van der Waals surface area (Å²) < 4.78 is 10.4. The van der Waals surface area contributed by atoms with Crippen molar-refractivity contribution in [1.82, 2.24) is 8.97 Å². The number of imidazole rings is 1. The van der Waals surface area contributed by atoms with Gasteiger partial charge in [0.2, 0.25) is 0 Å². The fourth-order valence-corrected chi connectivity index (χ4v) is 5.68. The van der Waals surface area contributed by atoms with Crippen LogP contribution in [0.4, 0.5) is 10.5 Å². The zero-order valence-corrected chi connectivity index (χ0v) is 22.7. The Kier molecular flexibility index (Phi) is 6.83. The van der Waals surface area contributed by atoms with E-state index in [0.29, 0.717) is 20.8 Å². The number of ether oxygens (including phenoxy) is 1. The highest BCUT2D eigenvalue weighted by Crippen LogP contribution is 2.40. The predicted molar refractivity (Wildman–Crippen MR) is 154 cm³/mol. The van der Waals surface area contributed by atoms with E-state index >= 15 is 0 Å². The van der Waals surface area contributed by atoms with Gasteiger partial charge in [0.1, 0.15) is 12.3 Å². The number of nitrogens with one attached hydrogen (secondary N) is 1. The van der Waals surface area contributed by atoms with Gasteiger partial charge < -0.3 is 13.7 Å². The number of nitrogens with zero attached hydrogens (tertiary/aromatic N) is 2. The van der Waals surface area contributed by atoms with Crippen LogP contribution in [0.3, 0.4) is 0 Å². The average Bonchev–Trinajstić information content (AvgIpc) is 3.33. The highest BCUT2D eigenvalue weighted by Gasteiger charge is 2.27. The molecule has 0 spiro atoms. The van der Waals surface area contributed by atoms with Gasteiger partial charge in [0.25, 0.3) is 0 Å². The number of benzene rings is 3. The van der Waals surface area contributed by atoms with Crippen molar-refractivity contribution in [1.29, 1.82) is 0 Å². The molecule has 2 aromatic heterocycles.